The van der Waals surface area contributed by atoms with Crippen LogP contribution in [0.4, 0.5) is 5.69 Å². The highest BCUT2D eigenvalue weighted by molar-refractivity contribution is 6.15. The minimum atomic E-state index is 0.180. The van der Waals surface area contributed by atoms with Crippen LogP contribution >= 0.6 is 0 Å². The minimum Gasteiger partial charge on any atom is -0.372 e. The Morgan fingerprint density at radius 2 is 1.64 bits per heavy atom. The molecule has 0 atom stereocenters. The third kappa shape index (κ3) is 2.35. The molecule has 0 amide bonds. The Morgan fingerprint density at radius 1 is 0.909 bits per heavy atom. The summed E-state index contributed by atoms with van der Waals surface area (Å²) < 4.78 is 0. The van der Waals surface area contributed by atoms with Crippen molar-refractivity contribution >= 4 is 17.5 Å². The highest BCUT2D eigenvalue weighted by atomic mass is 16.1. The van der Waals surface area contributed by atoms with Gasteiger partial charge in [-0.2, -0.15) is 0 Å². The van der Waals surface area contributed by atoms with Gasteiger partial charge in [-0.1, -0.05) is 36.4 Å². The molecule has 110 valence electrons. The smallest absolute Gasteiger partial charge is 0.189 e. The highest BCUT2D eigenvalue weighted by Crippen LogP contribution is 2.28. The van der Waals surface area contributed by atoms with Crippen molar-refractivity contribution in [1.82, 2.24) is 0 Å². The number of Topliss-reactive ketones (excluding diaryl/α,β-unsaturated/α-hetero) is 1. The summed E-state index contributed by atoms with van der Waals surface area (Å²) in [6.45, 7) is 2.32. The summed E-state index contributed by atoms with van der Waals surface area (Å²) >= 11 is 0. The zero-order valence-corrected chi connectivity index (χ0v) is 12.6. The van der Waals surface area contributed by atoms with Gasteiger partial charge < -0.3 is 4.90 Å². The van der Waals surface area contributed by atoms with Crippen LogP contribution in [0, 0.1) is 0 Å². The number of fused-ring (bicyclic) bond motifs is 1. The number of allylic oxidation sites excluding steroid dienone is 1. The molecular weight excluding hydrogens is 270 g/mol. The second kappa shape index (κ2) is 5.45. The van der Waals surface area contributed by atoms with Crippen LogP contribution in [0.5, 0.6) is 0 Å². The molecule has 2 heteroatoms. The van der Waals surface area contributed by atoms with Crippen molar-refractivity contribution in [3.8, 4) is 0 Å². The SMILES string of the molecule is O=C1C(=Cc2ccc(N3CCCC3)cc2)Cc2ccccc21. The predicted molar refractivity (Wildman–Crippen MR) is 90.3 cm³/mol. The molecule has 0 aromatic heterocycles. The van der Waals surface area contributed by atoms with E-state index in [-0.39, 0.29) is 5.78 Å². The van der Waals surface area contributed by atoms with Gasteiger partial charge in [-0.05, 0) is 42.2 Å². The first-order valence-corrected chi connectivity index (χ1v) is 7.99. The topological polar surface area (TPSA) is 20.3 Å². The quantitative estimate of drug-likeness (QED) is 0.775. The van der Waals surface area contributed by atoms with Gasteiger partial charge in [-0.25, -0.2) is 0 Å². The molecule has 2 nitrogen and oxygen atoms in total. The Labute approximate surface area is 131 Å². The molecule has 1 fully saturated rings. The molecule has 0 bridgehead atoms. The lowest BCUT2D eigenvalue weighted by molar-refractivity contribution is 0.104. The van der Waals surface area contributed by atoms with E-state index >= 15 is 0 Å². The molecule has 0 spiro atoms. The van der Waals surface area contributed by atoms with Crippen molar-refractivity contribution in [2.24, 2.45) is 0 Å². The fraction of sp³-hybridized carbons (Fsp3) is 0.250. The highest BCUT2D eigenvalue weighted by Gasteiger charge is 2.23. The molecule has 1 saturated heterocycles. The monoisotopic (exact) mass is 289 g/mol. The van der Waals surface area contributed by atoms with Gasteiger partial charge in [0.2, 0.25) is 0 Å². The third-order valence-corrected chi connectivity index (χ3v) is 4.64. The second-order valence-corrected chi connectivity index (χ2v) is 6.12. The van der Waals surface area contributed by atoms with Crippen molar-refractivity contribution in [1.29, 1.82) is 0 Å². The molecule has 22 heavy (non-hydrogen) atoms. The van der Waals surface area contributed by atoms with E-state index in [1.807, 2.05) is 30.3 Å². The standard InChI is InChI=1S/C20H19NO/c22-20-17(14-16-5-1-2-6-19(16)20)13-15-7-9-18(10-8-15)21-11-3-4-12-21/h1-2,5-10,13H,3-4,11-12,14H2. The molecule has 2 aromatic carbocycles. The number of rotatable bonds is 2. The summed E-state index contributed by atoms with van der Waals surface area (Å²) in [6, 6.07) is 16.5. The lowest BCUT2D eigenvalue weighted by atomic mass is 10.1. The van der Waals surface area contributed by atoms with Gasteiger partial charge in [0, 0.05) is 36.3 Å². The first-order chi connectivity index (χ1) is 10.8. The fourth-order valence-electron chi connectivity index (χ4n) is 3.43. The van der Waals surface area contributed by atoms with Crippen LogP contribution in [-0.4, -0.2) is 18.9 Å². The molecule has 2 aromatic rings. The van der Waals surface area contributed by atoms with Crippen LogP contribution in [-0.2, 0) is 6.42 Å². The molecule has 0 N–H and O–H groups in total. The summed E-state index contributed by atoms with van der Waals surface area (Å²) in [5, 5.41) is 0. The number of carbonyl (C=O) groups is 1. The number of hydrogen-bond donors (Lipinski definition) is 0. The second-order valence-electron chi connectivity index (χ2n) is 6.12. The number of benzene rings is 2. The lowest BCUT2D eigenvalue weighted by Crippen LogP contribution is -2.17. The average Bonchev–Trinajstić information content (AvgIpc) is 3.18. The summed E-state index contributed by atoms with van der Waals surface area (Å²) in [5.74, 6) is 0.180. The summed E-state index contributed by atoms with van der Waals surface area (Å²) in [4.78, 5) is 14.8. The molecule has 2 aliphatic rings. The normalized spacial score (nSPS) is 19.0. The van der Waals surface area contributed by atoms with E-state index < -0.39 is 0 Å². The van der Waals surface area contributed by atoms with E-state index in [1.54, 1.807) is 0 Å². The molecule has 1 aliphatic carbocycles. The zero-order chi connectivity index (χ0) is 14.9. The van der Waals surface area contributed by atoms with Crippen LogP contribution in [0.15, 0.2) is 54.1 Å². The molecule has 4 rings (SSSR count). The van der Waals surface area contributed by atoms with Gasteiger partial charge in [-0.3, -0.25) is 4.79 Å². The van der Waals surface area contributed by atoms with Crippen molar-refractivity contribution in [2.45, 2.75) is 19.3 Å². The van der Waals surface area contributed by atoms with Crippen molar-refractivity contribution in [3.63, 3.8) is 0 Å². The van der Waals surface area contributed by atoms with Gasteiger partial charge in [0.15, 0.2) is 5.78 Å². The van der Waals surface area contributed by atoms with E-state index in [0.29, 0.717) is 0 Å². The van der Waals surface area contributed by atoms with Gasteiger partial charge in [0.1, 0.15) is 0 Å². The molecule has 1 aliphatic heterocycles. The van der Waals surface area contributed by atoms with Crippen molar-refractivity contribution in [2.75, 3.05) is 18.0 Å². The Bertz CT molecular complexity index is 737. The molecule has 0 saturated carbocycles. The summed E-state index contributed by atoms with van der Waals surface area (Å²) in [6.07, 6.45) is 5.37. The summed E-state index contributed by atoms with van der Waals surface area (Å²) in [7, 11) is 0. The van der Waals surface area contributed by atoms with Crippen LogP contribution in [0.1, 0.15) is 34.3 Å². The van der Waals surface area contributed by atoms with E-state index in [1.165, 1.54) is 18.5 Å². The predicted octanol–water partition coefficient (Wildman–Crippen LogP) is 4.11. The fourth-order valence-corrected chi connectivity index (χ4v) is 3.43. The Balaban J connectivity index is 1.57. The Morgan fingerprint density at radius 3 is 2.36 bits per heavy atom. The van der Waals surface area contributed by atoms with Crippen LogP contribution in [0.25, 0.3) is 6.08 Å². The van der Waals surface area contributed by atoms with Crippen molar-refractivity contribution in [3.05, 3.63) is 70.8 Å². The first kappa shape index (κ1) is 13.3. The van der Waals surface area contributed by atoms with E-state index in [2.05, 4.69) is 29.2 Å². The first-order valence-electron chi connectivity index (χ1n) is 7.99. The Hall–Kier alpha value is -2.35. The number of anilines is 1. The largest absolute Gasteiger partial charge is 0.372 e. The maximum Gasteiger partial charge on any atom is 0.189 e. The zero-order valence-electron chi connectivity index (χ0n) is 12.6. The van der Waals surface area contributed by atoms with Gasteiger partial charge >= 0.3 is 0 Å². The van der Waals surface area contributed by atoms with Crippen LogP contribution in [0.3, 0.4) is 0 Å². The third-order valence-electron chi connectivity index (χ3n) is 4.64. The van der Waals surface area contributed by atoms with E-state index in [0.717, 1.165) is 41.8 Å². The van der Waals surface area contributed by atoms with Crippen LogP contribution < -0.4 is 4.90 Å². The number of nitrogens with zero attached hydrogens (tertiary/aromatic N) is 1. The van der Waals surface area contributed by atoms with Gasteiger partial charge in [0.05, 0.1) is 0 Å². The number of hydrogen-bond acceptors (Lipinski definition) is 2. The Kier molecular flexibility index (Phi) is 3.30. The van der Waals surface area contributed by atoms with E-state index in [4.69, 9.17) is 0 Å². The number of ketones is 1. The average molecular weight is 289 g/mol. The lowest BCUT2D eigenvalue weighted by Gasteiger charge is -2.17. The van der Waals surface area contributed by atoms with Gasteiger partial charge in [-0.15, -0.1) is 0 Å². The minimum absolute atomic E-state index is 0.180. The number of carbonyl (C=O) groups excluding carboxylic acids is 1. The molecule has 1 heterocycles. The maximum atomic E-state index is 12.4. The van der Waals surface area contributed by atoms with E-state index in [9.17, 15) is 4.79 Å². The summed E-state index contributed by atoms with van der Waals surface area (Å²) in [5.41, 5.74) is 5.31. The maximum absolute atomic E-state index is 12.4. The van der Waals surface area contributed by atoms with Crippen LogP contribution in [0.2, 0.25) is 0 Å². The molecule has 0 radical (unpaired) electrons. The van der Waals surface area contributed by atoms with Gasteiger partial charge in [0.25, 0.3) is 0 Å². The molecular formula is C20H19NO. The van der Waals surface area contributed by atoms with Crippen molar-refractivity contribution < 1.29 is 4.79 Å². The molecule has 0 unspecified atom stereocenters.